The lowest BCUT2D eigenvalue weighted by Gasteiger charge is -2.42. The highest BCUT2D eigenvalue weighted by molar-refractivity contribution is 6.30. The first-order valence-corrected chi connectivity index (χ1v) is 14.7. The lowest BCUT2D eigenvalue weighted by atomic mass is 9.70. The minimum Gasteiger partial charge on any atom is -0.489 e. The summed E-state index contributed by atoms with van der Waals surface area (Å²) in [4.78, 5) is 21.6. The van der Waals surface area contributed by atoms with Gasteiger partial charge in [-0.25, -0.2) is 4.98 Å². The predicted molar refractivity (Wildman–Crippen MR) is 153 cm³/mol. The number of hydrogen-bond acceptors (Lipinski definition) is 6. The number of aryl methyl sites for hydroxylation is 1. The molecule has 1 amide bonds. The van der Waals surface area contributed by atoms with Crippen LogP contribution in [0.3, 0.4) is 0 Å². The molecule has 5 rings (SSSR count). The molecule has 5 atom stereocenters. The van der Waals surface area contributed by atoms with Crippen LogP contribution in [0.2, 0.25) is 5.02 Å². The molecule has 3 aliphatic rings. The maximum absolute atomic E-state index is 12.8. The molecule has 1 aromatic heterocycles. The maximum atomic E-state index is 12.8. The molecule has 2 bridgehead atoms. The van der Waals surface area contributed by atoms with Gasteiger partial charge in [0.1, 0.15) is 6.10 Å². The standard InChI is InChI=1S/C31H40ClN3O4/c1-3-6-20-15-23(32)9-11-24(20)22-18-35-17-21-8-10-25(21)27(36)7-4-5-14-34(2)30(38)16-28(37)26-12-13-29(39-19-22)31(35)33-26/h4,7,9,11-13,15,21-22,25,27-28,36-37H,3,5-6,8,10,14,16-19H2,1-2H3/b7-4+. The summed E-state index contributed by atoms with van der Waals surface area (Å²) in [6.45, 7) is 4.66. The SMILES string of the molecule is CCCc1cc(Cl)ccc1C1COc2ccc3nc2N(C1)CC1CCC1C(O)/C=C/CCN(C)C(=O)CC3O. The van der Waals surface area contributed by atoms with E-state index in [4.69, 9.17) is 21.3 Å². The Bertz CT molecular complexity index is 1200. The molecule has 5 unspecified atom stereocenters. The highest BCUT2D eigenvalue weighted by atomic mass is 35.5. The van der Waals surface area contributed by atoms with Gasteiger partial charge in [0.25, 0.3) is 0 Å². The average Bonchev–Trinajstić information content (AvgIpc) is 3.07. The fourth-order valence-electron chi connectivity index (χ4n) is 6.13. The fourth-order valence-corrected chi connectivity index (χ4v) is 6.32. The van der Waals surface area contributed by atoms with Crippen LogP contribution in [0.15, 0.2) is 42.5 Å². The fraction of sp³-hybridized carbons (Fsp3) is 0.548. The summed E-state index contributed by atoms with van der Waals surface area (Å²) >= 11 is 6.37. The third-order valence-electron chi connectivity index (χ3n) is 8.57. The van der Waals surface area contributed by atoms with E-state index >= 15 is 0 Å². The summed E-state index contributed by atoms with van der Waals surface area (Å²) in [5.74, 6) is 1.85. The molecule has 0 saturated heterocycles. The lowest BCUT2D eigenvalue weighted by molar-refractivity contribution is -0.132. The summed E-state index contributed by atoms with van der Waals surface area (Å²) in [7, 11) is 1.74. The van der Waals surface area contributed by atoms with Crippen LogP contribution in [0.1, 0.15) is 67.9 Å². The molecule has 1 aromatic carbocycles. The molecule has 7 nitrogen and oxygen atoms in total. The summed E-state index contributed by atoms with van der Waals surface area (Å²) in [5.41, 5.74) is 2.95. The molecule has 0 radical (unpaired) electrons. The van der Waals surface area contributed by atoms with Gasteiger partial charge >= 0.3 is 0 Å². The number of pyridine rings is 1. The quantitative estimate of drug-likeness (QED) is 0.526. The van der Waals surface area contributed by atoms with Crippen LogP contribution < -0.4 is 9.64 Å². The van der Waals surface area contributed by atoms with Gasteiger partial charge in [-0.1, -0.05) is 43.2 Å². The minimum atomic E-state index is -1.000. The molecule has 1 fully saturated rings. The third-order valence-corrected chi connectivity index (χ3v) is 8.81. The van der Waals surface area contributed by atoms with Crippen LogP contribution in [0.4, 0.5) is 5.82 Å². The second kappa shape index (κ2) is 12.3. The van der Waals surface area contributed by atoms with Crippen molar-refractivity contribution in [3.63, 3.8) is 0 Å². The molecule has 39 heavy (non-hydrogen) atoms. The number of benzene rings is 1. The Hall–Kier alpha value is -2.61. The topological polar surface area (TPSA) is 86.1 Å². The van der Waals surface area contributed by atoms with E-state index in [9.17, 15) is 15.0 Å². The largest absolute Gasteiger partial charge is 0.489 e. The summed E-state index contributed by atoms with van der Waals surface area (Å²) in [6, 6.07) is 9.78. The van der Waals surface area contributed by atoms with Gasteiger partial charge in [-0.15, -0.1) is 0 Å². The van der Waals surface area contributed by atoms with Gasteiger partial charge in [0.05, 0.1) is 24.8 Å². The zero-order valence-electron chi connectivity index (χ0n) is 22.9. The van der Waals surface area contributed by atoms with E-state index in [1.54, 1.807) is 18.0 Å². The number of aliphatic hydroxyl groups excluding tert-OH is 2. The van der Waals surface area contributed by atoms with E-state index in [2.05, 4.69) is 24.0 Å². The summed E-state index contributed by atoms with van der Waals surface area (Å²) in [6.07, 6.45) is 6.98. The number of aromatic nitrogens is 1. The Labute approximate surface area is 236 Å². The Morgan fingerprint density at radius 2 is 2.00 bits per heavy atom. The number of halogens is 1. The van der Waals surface area contributed by atoms with Gasteiger partial charge in [-0.3, -0.25) is 4.79 Å². The van der Waals surface area contributed by atoms with Gasteiger partial charge < -0.3 is 24.7 Å². The van der Waals surface area contributed by atoms with Crippen LogP contribution in [0.5, 0.6) is 5.75 Å². The van der Waals surface area contributed by atoms with E-state index in [-0.39, 0.29) is 24.2 Å². The second-order valence-electron chi connectivity index (χ2n) is 11.3. The van der Waals surface area contributed by atoms with Gasteiger partial charge in [-0.2, -0.15) is 0 Å². The monoisotopic (exact) mass is 553 g/mol. The smallest absolute Gasteiger partial charge is 0.225 e. The number of amides is 1. The summed E-state index contributed by atoms with van der Waals surface area (Å²) in [5, 5.41) is 22.7. The molecule has 1 saturated carbocycles. The number of carbonyl (C=O) groups excluding carboxylic acids is 1. The number of fused-ring (bicyclic) bond motifs is 2. The number of ether oxygens (including phenoxy) is 1. The number of aliphatic hydroxyl groups is 2. The minimum absolute atomic E-state index is 0.0338. The lowest BCUT2D eigenvalue weighted by Crippen LogP contribution is -2.44. The summed E-state index contributed by atoms with van der Waals surface area (Å²) < 4.78 is 6.36. The molecule has 3 heterocycles. The molecule has 8 heteroatoms. The highest BCUT2D eigenvalue weighted by Gasteiger charge is 2.38. The van der Waals surface area contributed by atoms with Crippen molar-refractivity contribution in [1.29, 1.82) is 0 Å². The van der Waals surface area contributed by atoms with E-state index in [0.717, 1.165) is 37.3 Å². The molecule has 1 aliphatic carbocycles. The van der Waals surface area contributed by atoms with Crippen molar-refractivity contribution in [2.75, 3.05) is 38.2 Å². The highest BCUT2D eigenvalue weighted by Crippen LogP contribution is 2.42. The molecule has 2 aromatic rings. The Balaban J connectivity index is 1.51. The van der Waals surface area contributed by atoms with Crippen LogP contribution in [0, 0.1) is 11.8 Å². The van der Waals surface area contributed by atoms with Crippen LogP contribution in [-0.2, 0) is 11.2 Å². The zero-order chi connectivity index (χ0) is 27.5. The first-order chi connectivity index (χ1) is 18.8. The number of carbonyl (C=O) groups is 1. The Morgan fingerprint density at radius 1 is 1.15 bits per heavy atom. The van der Waals surface area contributed by atoms with Crippen molar-refractivity contribution in [3.8, 4) is 5.75 Å². The predicted octanol–water partition coefficient (Wildman–Crippen LogP) is 4.90. The van der Waals surface area contributed by atoms with Crippen molar-refractivity contribution in [2.45, 2.75) is 63.6 Å². The number of hydrogen-bond donors (Lipinski definition) is 2. The molecule has 0 spiro atoms. The second-order valence-corrected chi connectivity index (χ2v) is 11.7. The van der Waals surface area contributed by atoms with Crippen LogP contribution >= 0.6 is 11.6 Å². The van der Waals surface area contributed by atoms with Gasteiger partial charge in [0.15, 0.2) is 11.6 Å². The Kier molecular flexibility index (Phi) is 8.79. The van der Waals surface area contributed by atoms with Gasteiger partial charge in [-0.05, 0) is 72.9 Å². The molecule has 2 N–H and O–H groups in total. The number of nitrogens with zero attached hydrogens (tertiary/aromatic N) is 3. The van der Waals surface area contributed by atoms with E-state index < -0.39 is 12.2 Å². The number of anilines is 1. The van der Waals surface area contributed by atoms with E-state index in [1.807, 2.05) is 24.3 Å². The average molecular weight is 554 g/mol. The van der Waals surface area contributed by atoms with Crippen molar-refractivity contribution in [1.82, 2.24) is 9.88 Å². The van der Waals surface area contributed by atoms with Gasteiger partial charge in [0, 0.05) is 37.6 Å². The molecule has 2 aliphatic heterocycles. The molecule has 210 valence electrons. The number of rotatable bonds is 3. The first-order valence-electron chi connectivity index (χ1n) is 14.3. The van der Waals surface area contributed by atoms with Crippen molar-refractivity contribution < 1.29 is 19.7 Å². The van der Waals surface area contributed by atoms with Crippen molar-refractivity contribution in [2.24, 2.45) is 11.8 Å². The van der Waals surface area contributed by atoms with Gasteiger partial charge in [0.2, 0.25) is 5.91 Å². The molecular weight excluding hydrogens is 514 g/mol. The maximum Gasteiger partial charge on any atom is 0.225 e. The van der Waals surface area contributed by atoms with Crippen LogP contribution in [-0.4, -0.2) is 65.4 Å². The first kappa shape index (κ1) is 27.9. The normalized spacial score (nSPS) is 28.6. The van der Waals surface area contributed by atoms with Crippen LogP contribution in [0.25, 0.3) is 0 Å². The zero-order valence-corrected chi connectivity index (χ0v) is 23.7. The van der Waals surface area contributed by atoms with E-state index in [0.29, 0.717) is 49.3 Å². The van der Waals surface area contributed by atoms with E-state index in [1.165, 1.54) is 11.1 Å². The Morgan fingerprint density at radius 3 is 2.77 bits per heavy atom. The third kappa shape index (κ3) is 6.26. The van der Waals surface area contributed by atoms with Crippen molar-refractivity contribution in [3.05, 3.63) is 64.3 Å². The van der Waals surface area contributed by atoms with Crippen molar-refractivity contribution >= 4 is 23.3 Å². The molecular formula is C31H40ClN3O4.